The van der Waals surface area contributed by atoms with E-state index in [1.807, 2.05) is 22.7 Å². The Balaban J connectivity index is 1.70. The number of hydrogen-bond acceptors (Lipinski definition) is 6. The number of aromatic nitrogens is 4. The number of nitrogens with zero attached hydrogens (tertiary/aromatic N) is 5. The van der Waals surface area contributed by atoms with Gasteiger partial charge in [0.15, 0.2) is 11.5 Å². The van der Waals surface area contributed by atoms with E-state index >= 15 is 0 Å². The van der Waals surface area contributed by atoms with Crippen molar-refractivity contribution in [3.05, 3.63) is 58.4 Å². The van der Waals surface area contributed by atoms with E-state index < -0.39 is 0 Å². The Hall–Kier alpha value is -3.61. The van der Waals surface area contributed by atoms with Gasteiger partial charge in [0.1, 0.15) is 11.5 Å². The second-order valence-corrected chi connectivity index (χ2v) is 12.9. The first kappa shape index (κ1) is 33.3. The Morgan fingerprint density at radius 2 is 1.64 bits per heavy atom. The van der Waals surface area contributed by atoms with Crippen LogP contribution in [0.1, 0.15) is 110 Å². The molecule has 2 heterocycles. The fourth-order valence-electron chi connectivity index (χ4n) is 5.67. The van der Waals surface area contributed by atoms with Gasteiger partial charge in [0.25, 0.3) is 0 Å². The van der Waals surface area contributed by atoms with Crippen molar-refractivity contribution in [1.29, 1.82) is 0 Å². The summed E-state index contributed by atoms with van der Waals surface area (Å²) >= 11 is 0. The van der Waals surface area contributed by atoms with Gasteiger partial charge < -0.3 is 14.4 Å². The van der Waals surface area contributed by atoms with Gasteiger partial charge >= 0.3 is 0 Å². The molecule has 0 spiro atoms. The number of hydrogen-bond donors (Lipinski definition) is 0. The number of ether oxygens (including phenoxy) is 2. The van der Waals surface area contributed by atoms with Crippen molar-refractivity contribution >= 4 is 17.4 Å². The number of anilines is 1. The fourth-order valence-corrected chi connectivity index (χ4v) is 5.67. The molecule has 0 saturated carbocycles. The molecular formula is C37H53N5O2. The minimum atomic E-state index is -0.191. The van der Waals surface area contributed by atoms with Crippen LogP contribution in [0.15, 0.2) is 36.4 Å². The minimum Gasteiger partial charge on any atom is -0.496 e. The molecule has 4 aromatic rings. The molecule has 0 radical (unpaired) electrons. The standard InChI is InChI=1S/C37H53N5O2/c1-9-12-14-15-16-17-23-44-30-20-21-33(43-8)31(26-30)35-38-39-36-32(34(37(5,6)7)40-42(35)36)25-28-18-19-29(24-27(28)4)41(11-3)22-13-10-2/h18-21,24-26H,9-17,22-23H2,1-8H3/b32-25-. The van der Waals surface area contributed by atoms with Crippen LogP contribution < -0.4 is 19.6 Å². The largest absolute Gasteiger partial charge is 0.496 e. The molecule has 0 aliphatic heterocycles. The average molecular weight is 600 g/mol. The van der Waals surface area contributed by atoms with Crippen molar-refractivity contribution in [2.24, 2.45) is 0 Å². The van der Waals surface area contributed by atoms with Crippen LogP contribution in [-0.2, 0) is 5.41 Å². The van der Waals surface area contributed by atoms with E-state index in [9.17, 15) is 0 Å². The van der Waals surface area contributed by atoms with Crippen LogP contribution in [0.2, 0.25) is 0 Å². The highest BCUT2D eigenvalue weighted by Gasteiger charge is 2.25. The van der Waals surface area contributed by atoms with Crippen molar-refractivity contribution in [2.45, 2.75) is 105 Å². The highest BCUT2D eigenvalue weighted by atomic mass is 16.5. The van der Waals surface area contributed by atoms with Crippen LogP contribution in [0.3, 0.4) is 0 Å². The normalized spacial score (nSPS) is 12.3. The van der Waals surface area contributed by atoms with Gasteiger partial charge in [0.05, 0.1) is 25.0 Å². The van der Waals surface area contributed by atoms with Crippen molar-refractivity contribution in [2.75, 3.05) is 31.7 Å². The Morgan fingerprint density at radius 3 is 2.32 bits per heavy atom. The van der Waals surface area contributed by atoms with Gasteiger partial charge in [-0.15, -0.1) is 10.2 Å². The Kier molecular flexibility index (Phi) is 11.7. The topological polar surface area (TPSA) is 64.8 Å². The number of aryl methyl sites for hydroxylation is 1. The van der Waals surface area contributed by atoms with E-state index in [0.29, 0.717) is 18.2 Å². The molecule has 2 aromatic heterocycles. The molecule has 2 aromatic carbocycles. The first-order valence-electron chi connectivity index (χ1n) is 16.7. The molecule has 0 atom stereocenters. The van der Waals surface area contributed by atoms with E-state index in [-0.39, 0.29) is 5.41 Å². The molecule has 0 bridgehead atoms. The number of benzene rings is 2. The monoisotopic (exact) mass is 599 g/mol. The SMILES string of the molecule is CCCCCCCCOc1ccc(OC)c(-c2nnc3/c(=C\c4ccc(N(CC)CCCC)cc4C)c(C(C)(C)C)nn23)c1. The lowest BCUT2D eigenvalue weighted by atomic mass is 9.90. The van der Waals surface area contributed by atoms with Gasteiger partial charge in [0.2, 0.25) is 0 Å². The highest BCUT2D eigenvalue weighted by Crippen LogP contribution is 2.33. The quantitative estimate of drug-likeness (QED) is 0.121. The molecule has 44 heavy (non-hydrogen) atoms. The van der Waals surface area contributed by atoms with Crippen molar-refractivity contribution in [3.8, 4) is 22.9 Å². The van der Waals surface area contributed by atoms with Gasteiger partial charge in [-0.05, 0) is 74.2 Å². The summed E-state index contributed by atoms with van der Waals surface area (Å²) in [6, 6.07) is 12.7. The van der Waals surface area contributed by atoms with Gasteiger partial charge in [-0.2, -0.15) is 9.61 Å². The van der Waals surface area contributed by atoms with Crippen LogP contribution in [0.25, 0.3) is 23.1 Å². The number of unbranched alkanes of at least 4 members (excludes halogenated alkanes) is 6. The summed E-state index contributed by atoms with van der Waals surface area (Å²) in [5, 5.41) is 15.4. The fraction of sp³-hybridized carbons (Fsp3) is 0.541. The molecular weight excluding hydrogens is 546 g/mol. The third-order valence-electron chi connectivity index (χ3n) is 8.31. The number of methoxy groups -OCH3 is 1. The molecule has 0 unspecified atom stereocenters. The summed E-state index contributed by atoms with van der Waals surface area (Å²) < 4.78 is 13.8. The molecule has 0 aliphatic rings. The summed E-state index contributed by atoms with van der Waals surface area (Å²) in [4.78, 5) is 2.45. The smallest absolute Gasteiger partial charge is 0.189 e. The third-order valence-corrected chi connectivity index (χ3v) is 8.31. The lowest BCUT2D eigenvalue weighted by Crippen LogP contribution is -2.24. The van der Waals surface area contributed by atoms with Gasteiger partial charge in [0, 0.05) is 29.4 Å². The van der Waals surface area contributed by atoms with Crippen LogP contribution in [-0.4, -0.2) is 46.6 Å². The molecule has 0 N–H and O–H groups in total. The predicted octanol–water partition coefficient (Wildman–Crippen LogP) is 8.32. The van der Waals surface area contributed by atoms with Gasteiger partial charge in [-0.25, -0.2) is 0 Å². The van der Waals surface area contributed by atoms with E-state index in [0.717, 1.165) is 52.9 Å². The maximum absolute atomic E-state index is 6.15. The molecule has 0 aliphatic carbocycles. The zero-order valence-electron chi connectivity index (χ0n) is 28.4. The van der Waals surface area contributed by atoms with Crippen molar-refractivity contribution in [1.82, 2.24) is 19.8 Å². The number of rotatable bonds is 16. The summed E-state index contributed by atoms with van der Waals surface area (Å²) in [6.45, 7) is 18.3. The van der Waals surface area contributed by atoms with Crippen LogP contribution in [0.4, 0.5) is 5.69 Å². The maximum atomic E-state index is 6.15. The molecule has 0 fully saturated rings. The second-order valence-electron chi connectivity index (χ2n) is 12.9. The predicted molar refractivity (Wildman–Crippen MR) is 183 cm³/mol. The second kappa shape index (κ2) is 15.4. The first-order chi connectivity index (χ1) is 21.2. The zero-order chi connectivity index (χ0) is 31.7. The van der Waals surface area contributed by atoms with Crippen LogP contribution in [0.5, 0.6) is 11.5 Å². The third kappa shape index (κ3) is 7.91. The molecule has 0 amide bonds. The van der Waals surface area contributed by atoms with Gasteiger partial charge in [-0.1, -0.05) is 79.2 Å². The Labute approximate surface area is 264 Å². The average Bonchev–Trinajstić information content (AvgIpc) is 3.58. The highest BCUT2D eigenvalue weighted by molar-refractivity contribution is 5.70. The van der Waals surface area contributed by atoms with Crippen LogP contribution >= 0.6 is 0 Å². The van der Waals surface area contributed by atoms with Crippen LogP contribution in [0, 0.1) is 6.92 Å². The molecule has 7 heteroatoms. The maximum Gasteiger partial charge on any atom is 0.189 e. The summed E-state index contributed by atoms with van der Waals surface area (Å²) in [6.07, 6.45) is 12.0. The zero-order valence-corrected chi connectivity index (χ0v) is 28.4. The van der Waals surface area contributed by atoms with E-state index in [1.54, 1.807) is 7.11 Å². The molecule has 4 rings (SSSR count). The van der Waals surface area contributed by atoms with Gasteiger partial charge in [-0.3, -0.25) is 0 Å². The van der Waals surface area contributed by atoms with E-state index in [4.69, 9.17) is 14.6 Å². The summed E-state index contributed by atoms with van der Waals surface area (Å²) in [7, 11) is 1.68. The minimum absolute atomic E-state index is 0.191. The Bertz CT molecular complexity index is 1550. The summed E-state index contributed by atoms with van der Waals surface area (Å²) in [5.41, 5.74) is 6.01. The van der Waals surface area contributed by atoms with E-state index in [1.165, 1.54) is 56.2 Å². The first-order valence-corrected chi connectivity index (χ1v) is 16.7. The molecule has 7 nitrogen and oxygen atoms in total. The molecule has 238 valence electrons. The Morgan fingerprint density at radius 1 is 0.886 bits per heavy atom. The van der Waals surface area contributed by atoms with Crippen molar-refractivity contribution < 1.29 is 9.47 Å². The van der Waals surface area contributed by atoms with Crippen molar-refractivity contribution in [3.63, 3.8) is 0 Å². The lowest BCUT2D eigenvalue weighted by Gasteiger charge is -2.23. The molecule has 0 saturated heterocycles. The lowest BCUT2D eigenvalue weighted by molar-refractivity contribution is 0.304. The van der Waals surface area contributed by atoms with E-state index in [2.05, 4.69) is 87.8 Å². The number of fused-ring (bicyclic) bond motifs is 1. The summed E-state index contributed by atoms with van der Waals surface area (Å²) in [5.74, 6) is 2.16.